The molecule has 0 bridgehead atoms. The van der Waals surface area contributed by atoms with Crippen LogP contribution in [-0.2, 0) is 16.1 Å². The number of carbonyl (C=O) groups is 1. The highest BCUT2D eigenvalue weighted by molar-refractivity contribution is 5.66. The number of methoxy groups -OCH3 is 2. The second-order valence-electron chi connectivity index (χ2n) is 4.14. The van der Waals surface area contributed by atoms with Crippen molar-refractivity contribution in [2.75, 3.05) is 20.8 Å². The van der Waals surface area contributed by atoms with E-state index in [9.17, 15) is 14.9 Å². The van der Waals surface area contributed by atoms with E-state index in [-0.39, 0.29) is 31.1 Å². The van der Waals surface area contributed by atoms with E-state index in [1.54, 1.807) is 0 Å². The van der Waals surface area contributed by atoms with Gasteiger partial charge in [0.1, 0.15) is 0 Å². The Balaban J connectivity index is 2.79. The first kappa shape index (κ1) is 16.7. The van der Waals surface area contributed by atoms with Crippen LogP contribution in [0.1, 0.15) is 18.4 Å². The van der Waals surface area contributed by atoms with Gasteiger partial charge in [0.25, 0.3) is 5.69 Å². The van der Waals surface area contributed by atoms with Crippen molar-refractivity contribution < 1.29 is 29.0 Å². The standard InChI is InChI=1S/C13H17NO7/c1-19-11-6-9(8-21-5-3-4-13(15)16)10(14(17)18)7-12(11)20-2/h6-7H,3-5,8H2,1-2H3,(H,15,16). The van der Waals surface area contributed by atoms with Crippen LogP contribution < -0.4 is 9.47 Å². The molecule has 8 nitrogen and oxygen atoms in total. The molecule has 21 heavy (non-hydrogen) atoms. The van der Waals surface area contributed by atoms with Gasteiger partial charge in [0, 0.05) is 13.0 Å². The lowest BCUT2D eigenvalue weighted by molar-refractivity contribution is -0.386. The minimum absolute atomic E-state index is 0.00368. The highest BCUT2D eigenvalue weighted by Gasteiger charge is 2.19. The van der Waals surface area contributed by atoms with E-state index < -0.39 is 10.9 Å². The van der Waals surface area contributed by atoms with Crippen molar-refractivity contribution in [2.45, 2.75) is 19.4 Å². The second-order valence-corrected chi connectivity index (χ2v) is 4.14. The van der Waals surface area contributed by atoms with E-state index in [4.69, 9.17) is 19.3 Å². The first-order chi connectivity index (χ1) is 9.99. The van der Waals surface area contributed by atoms with Gasteiger partial charge < -0.3 is 19.3 Å². The molecule has 8 heteroatoms. The molecule has 0 saturated carbocycles. The van der Waals surface area contributed by atoms with Crippen LogP contribution in [0.15, 0.2) is 12.1 Å². The molecule has 116 valence electrons. The van der Waals surface area contributed by atoms with Crippen LogP contribution in [0.25, 0.3) is 0 Å². The van der Waals surface area contributed by atoms with Crippen molar-refractivity contribution in [1.29, 1.82) is 0 Å². The third-order valence-corrected chi connectivity index (χ3v) is 2.72. The zero-order chi connectivity index (χ0) is 15.8. The predicted molar refractivity (Wildman–Crippen MR) is 72.7 cm³/mol. The summed E-state index contributed by atoms with van der Waals surface area (Å²) in [7, 11) is 2.82. The molecule has 0 aliphatic rings. The highest BCUT2D eigenvalue weighted by Crippen LogP contribution is 2.34. The Bertz CT molecular complexity index is 515. The van der Waals surface area contributed by atoms with Crippen molar-refractivity contribution in [3.05, 3.63) is 27.8 Å². The van der Waals surface area contributed by atoms with Gasteiger partial charge in [-0.05, 0) is 12.5 Å². The average molecular weight is 299 g/mol. The maximum absolute atomic E-state index is 11.0. The first-order valence-corrected chi connectivity index (χ1v) is 6.18. The molecule has 0 heterocycles. The van der Waals surface area contributed by atoms with Gasteiger partial charge in [0.2, 0.25) is 0 Å². The number of carboxylic acid groups (broad SMARTS) is 1. The Morgan fingerprint density at radius 3 is 2.43 bits per heavy atom. The third-order valence-electron chi connectivity index (χ3n) is 2.72. The fourth-order valence-electron chi connectivity index (χ4n) is 1.70. The van der Waals surface area contributed by atoms with Crippen LogP contribution in [0.4, 0.5) is 5.69 Å². The second kappa shape index (κ2) is 8.05. The smallest absolute Gasteiger partial charge is 0.303 e. The van der Waals surface area contributed by atoms with Gasteiger partial charge in [0.15, 0.2) is 11.5 Å². The molecular weight excluding hydrogens is 282 g/mol. The fraction of sp³-hybridized carbons (Fsp3) is 0.462. The fourth-order valence-corrected chi connectivity index (χ4v) is 1.70. The quantitative estimate of drug-likeness (QED) is 0.422. The molecule has 0 amide bonds. The van der Waals surface area contributed by atoms with Gasteiger partial charge in [-0.25, -0.2) is 0 Å². The lowest BCUT2D eigenvalue weighted by Gasteiger charge is -2.10. The van der Waals surface area contributed by atoms with Gasteiger partial charge in [-0.15, -0.1) is 0 Å². The lowest BCUT2D eigenvalue weighted by Crippen LogP contribution is -2.03. The average Bonchev–Trinajstić information content (AvgIpc) is 2.45. The summed E-state index contributed by atoms with van der Waals surface area (Å²) in [5.74, 6) is -0.276. The summed E-state index contributed by atoms with van der Waals surface area (Å²) in [6, 6.07) is 2.75. The number of carboxylic acids is 1. The molecule has 0 unspecified atom stereocenters. The van der Waals surface area contributed by atoms with Gasteiger partial charge in [-0.1, -0.05) is 0 Å². The van der Waals surface area contributed by atoms with Crippen LogP contribution in [0.2, 0.25) is 0 Å². The van der Waals surface area contributed by atoms with Crippen molar-refractivity contribution in [1.82, 2.24) is 0 Å². The SMILES string of the molecule is COc1cc(COCCCC(=O)O)c([N+](=O)[O-])cc1OC. The zero-order valence-corrected chi connectivity index (χ0v) is 11.8. The van der Waals surface area contributed by atoms with Crippen LogP contribution in [0, 0.1) is 10.1 Å². The van der Waals surface area contributed by atoms with E-state index in [0.717, 1.165) is 0 Å². The number of benzene rings is 1. The summed E-state index contributed by atoms with van der Waals surface area (Å²) in [4.78, 5) is 20.9. The topological polar surface area (TPSA) is 108 Å². The normalized spacial score (nSPS) is 10.2. The maximum atomic E-state index is 11.0. The number of ether oxygens (including phenoxy) is 3. The predicted octanol–water partition coefficient (Wildman–Crippen LogP) is 1.99. The third kappa shape index (κ3) is 4.92. The number of aliphatic carboxylic acids is 1. The minimum Gasteiger partial charge on any atom is -0.493 e. The molecule has 0 fully saturated rings. The van der Waals surface area contributed by atoms with Crippen LogP contribution in [0.5, 0.6) is 11.5 Å². The van der Waals surface area contributed by atoms with Crippen molar-refractivity contribution in [3.63, 3.8) is 0 Å². The number of hydrogen-bond donors (Lipinski definition) is 1. The molecule has 1 rings (SSSR count). The molecule has 0 aromatic heterocycles. The maximum Gasteiger partial charge on any atom is 0.303 e. The summed E-state index contributed by atoms with van der Waals surface area (Å²) in [5, 5.41) is 19.5. The van der Waals surface area contributed by atoms with E-state index in [2.05, 4.69) is 0 Å². The number of nitro groups is 1. The van der Waals surface area contributed by atoms with Crippen LogP contribution >= 0.6 is 0 Å². The van der Waals surface area contributed by atoms with Gasteiger partial charge in [-0.2, -0.15) is 0 Å². The molecule has 0 saturated heterocycles. The summed E-state index contributed by atoms with van der Waals surface area (Å²) in [6.07, 6.45) is 0.338. The van der Waals surface area contributed by atoms with E-state index in [1.165, 1.54) is 26.4 Å². The molecule has 0 spiro atoms. The number of nitro benzene ring substituents is 1. The van der Waals surface area contributed by atoms with Gasteiger partial charge in [-0.3, -0.25) is 14.9 Å². The minimum atomic E-state index is -0.907. The van der Waals surface area contributed by atoms with Gasteiger partial charge >= 0.3 is 5.97 Å². The number of nitrogens with zero attached hydrogens (tertiary/aromatic N) is 1. The molecule has 1 aromatic carbocycles. The molecule has 1 N–H and O–H groups in total. The highest BCUT2D eigenvalue weighted by atomic mass is 16.6. The molecule has 1 aromatic rings. The van der Waals surface area contributed by atoms with Crippen LogP contribution in [0.3, 0.4) is 0 Å². The van der Waals surface area contributed by atoms with Crippen molar-refractivity contribution in [3.8, 4) is 11.5 Å². The van der Waals surface area contributed by atoms with E-state index >= 15 is 0 Å². The molecule has 0 radical (unpaired) electrons. The lowest BCUT2D eigenvalue weighted by atomic mass is 10.1. The Labute approximate surface area is 121 Å². The molecule has 0 atom stereocenters. The summed E-state index contributed by atoms with van der Waals surface area (Å²) < 4.78 is 15.4. The van der Waals surface area contributed by atoms with Gasteiger partial charge in [0.05, 0.1) is 37.4 Å². The summed E-state index contributed by atoms with van der Waals surface area (Å²) in [6.45, 7) is 0.202. The van der Waals surface area contributed by atoms with Crippen molar-refractivity contribution in [2.24, 2.45) is 0 Å². The van der Waals surface area contributed by atoms with Crippen molar-refractivity contribution >= 4 is 11.7 Å². The summed E-state index contributed by atoms with van der Waals surface area (Å²) in [5.41, 5.74) is 0.207. The van der Waals surface area contributed by atoms with E-state index in [0.29, 0.717) is 17.7 Å². The molecular formula is C13H17NO7. The molecule has 0 aliphatic carbocycles. The summed E-state index contributed by atoms with van der Waals surface area (Å²) >= 11 is 0. The van der Waals surface area contributed by atoms with E-state index in [1.807, 2.05) is 0 Å². The molecule has 0 aliphatic heterocycles. The Kier molecular flexibility index (Phi) is 6.41. The first-order valence-electron chi connectivity index (χ1n) is 6.18. The Morgan fingerprint density at radius 2 is 1.90 bits per heavy atom. The number of rotatable bonds is 9. The largest absolute Gasteiger partial charge is 0.493 e. The number of hydrogen-bond acceptors (Lipinski definition) is 6. The Morgan fingerprint density at radius 1 is 1.29 bits per heavy atom. The monoisotopic (exact) mass is 299 g/mol. The zero-order valence-electron chi connectivity index (χ0n) is 11.8. The van der Waals surface area contributed by atoms with Crippen LogP contribution in [-0.4, -0.2) is 36.8 Å². The Hall–Kier alpha value is -2.35.